The number of phenols is 1. The zero-order valence-corrected chi connectivity index (χ0v) is 12.9. The highest BCUT2D eigenvalue weighted by Crippen LogP contribution is 2.25. The van der Waals surface area contributed by atoms with Crippen molar-refractivity contribution in [2.45, 2.75) is 26.0 Å². The molecule has 106 valence electrons. The van der Waals surface area contributed by atoms with Crippen LogP contribution in [0.25, 0.3) is 0 Å². The molecular weight excluding hydrogens is 318 g/mol. The van der Waals surface area contributed by atoms with E-state index in [-0.39, 0.29) is 11.8 Å². The van der Waals surface area contributed by atoms with Crippen LogP contribution in [0.5, 0.6) is 11.5 Å². The zero-order valence-electron chi connectivity index (χ0n) is 11.3. The first kappa shape index (κ1) is 14.9. The van der Waals surface area contributed by atoms with E-state index >= 15 is 0 Å². The van der Waals surface area contributed by atoms with E-state index in [1.807, 2.05) is 37.3 Å². The van der Waals surface area contributed by atoms with Crippen LogP contribution in [0.2, 0.25) is 0 Å². The fourth-order valence-corrected chi connectivity index (χ4v) is 2.36. The third kappa shape index (κ3) is 4.25. The van der Waals surface area contributed by atoms with Crippen molar-refractivity contribution in [2.24, 2.45) is 5.73 Å². The SMILES string of the molecule is CC(N)Cc1cc(Br)ccc1OCc1ccc(O)cc1. The van der Waals surface area contributed by atoms with Crippen LogP contribution in [-0.4, -0.2) is 11.1 Å². The molecule has 0 radical (unpaired) electrons. The summed E-state index contributed by atoms with van der Waals surface area (Å²) in [5.41, 5.74) is 7.97. The first-order valence-corrected chi connectivity index (χ1v) is 7.28. The van der Waals surface area contributed by atoms with Gasteiger partial charge in [0.25, 0.3) is 0 Å². The van der Waals surface area contributed by atoms with Gasteiger partial charge < -0.3 is 15.6 Å². The Balaban J connectivity index is 2.10. The van der Waals surface area contributed by atoms with Gasteiger partial charge in [0, 0.05) is 10.5 Å². The van der Waals surface area contributed by atoms with Gasteiger partial charge in [0.1, 0.15) is 18.1 Å². The van der Waals surface area contributed by atoms with E-state index in [2.05, 4.69) is 15.9 Å². The molecule has 4 heteroatoms. The molecule has 0 aliphatic heterocycles. The molecule has 0 fully saturated rings. The quantitative estimate of drug-likeness (QED) is 0.877. The Morgan fingerprint density at radius 3 is 2.55 bits per heavy atom. The van der Waals surface area contributed by atoms with Crippen LogP contribution < -0.4 is 10.5 Å². The first-order valence-electron chi connectivity index (χ1n) is 6.49. The summed E-state index contributed by atoms with van der Waals surface area (Å²) in [6.07, 6.45) is 0.768. The number of phenolic OH excluding ortho intramolecular Hbond substituents is 1. The maximum atomic E-state index is 9.26. The summed E-state index contributed by atoms with van der Waals surface area (Å²) >= 11 is 3.47. The summed E-state index contributed by atoms with van der Waals surface area (Å²) in [4.78, 5) is 0. The molecule has 2 rings (SSSR count). The molecule has 2 aromatic carbocycles. The Morgan fingerprint density at radius 2 is 1.90 bits per heavy atom. The molecule has 0 bridgehead atoms. The first-order chi connectivity index (χ1) is 9.54. The third-order valence-corrected chi connectivity index (χ3v) is 3.39. The molecule has 2 aromatic rings. The summed E-state index contributed by atoms with van der Waals surface area (Å²) in [5.74, 6) is 1.11. The molecule has 0 aliphatic rings. The van der Waals surface area contributed by atoms with Crippen LogP contribution in [0.1, 0.15) is 18.1 Å². The number of ether oxygens (including phenoxy) is 1. The highest BCUT2D eigenvalue weighted by atomic mass is 79.9. The van der Waals surface area contributed by atoms with E-state index in [1.54, 1.807) is 12.1 Å². The van der Waals surface area contributed by atoms with Crippen LogP contribution >= 0.6 is 15.9 Å². The smallest absolute Gasteiger partial charge is 0.123 e. The van der Waals surface area contributed by atoms with Gasteiger partial charge in [-0.05, 0) is 54.8 Å². The average molecular weight is 336 g/mol. The predicted molar refractivity (Wildman–Crippen MR) is 83.9 cm³/mol. The second-order valence-corrected chi connectivity index (χ2v) is 5.80. The van der Waals surface area contributed by atoms with Crippen molar-refractivity contribution in [1.29, 1.82) is 0 Å². The largest absolute Gasteiger partial charge is 0.508 e. The normalized spacial score (nSPS) is 12.2. The highest BCUT2D eigenvalue weighted by Gasteiger charge is 2.07. The monoisotopic (exact) mass is 335 g/mol. The van der Waals surface area contributed by atoms with Crippen molar-refractivity contribution in [3.8, 4) is 11.5 Å². The lowest BCUT2D eigenvalue weighted by molar-refractivity contribution is 0.302. The van der Waals surface area contributed by atoms with Crippen LogP contribution in [-0.2, 0) is 13.0 Å². The molecule has 1 atom stereocenters. The Labute approximate surface area is 127 Å². The van der Waals surface area contributed by atoms with E-state index in [9.17, 15) is 5.11 Å². The number of benzene rings is 2. The molecule has 0 saturated heterocycles. The second kappa shape index (κ2) is 6.77. The summed E-state index contributed by atoms with van der Waals surface area (Å²) in [5, 5.41) is 9.26. The van der Waals surface area contributed by atoms with Gasteiger partial charge in [-0.25, -0.2) is 0 Å². The van der Waals surface area contributed by atoms with E-state index in [0.29, 0.717) is 6.61 Å². The van der Waals surface area contributed by atoms with Gasteiger partial charge in [-0.1, -0.05) is 28.1 Å². The van der Waals surface area contributed by atoms with Crippen molar-refractivity contribution in [2.75, 3.05) is 0 Å². The topological polar surface area (TPSA) is 55.5 Å². The number of hydrogen-bond donors (Lipinski definition) is 2. The molecule has 0 aliphatic carbocycles. The molecule has 0 aromatic heterocycles. The molecule has 0 amide bonds. The van der Waals surface area contributed by atoms with Gasteiger partial charge in [0.05, 0.1) is 0 Å². The lowest BCUT2D eigenvalue weighted by atomic mass is 10.1. The Hall–Kier alpha value is -1.52. The second-order valence-electron chi connectivity index (χ2n) is 4.89. The molecule has 1 unspecified atom stereocenters. The van der Waals surface area contributed by atoms with Gasteiger partial charge in [-0.2, -0.15) is 0 Å². The summed E-state index contributed by atoms with van der Waals surface area (Å²) in [6, 6.07) is 13.0. The maximum absolute atomic E-state index is 9.26. The molecule has 20 heavy (non-hydrogen) atoms. The highest BCUT2D eigenvalue weighted by molar-refractivity contribution is 9.10. The van der Waals surface area contributed by atoms with Crippen molar-refractivity contribution in [1.82, 2.24) is 0 Å². The van der Waals surface area contributed by atoms with Gasteiger partial charge in [-0.15, -0.1) is 0 Å². The van der Waals surface area contributed by atoms with E-state index < -0.39 is 0 Å². The zero-order chi connectivity index (χ0) is 14.5. The molecule has 0 heterocycles. The molecule has 3 nitrogen and oxygen atoms in total. The lowest BCUT2D eigenvalue weighted by Gasteiger charge is -2.14. The Kier molecular flexibility index (Phi) is 5.04. The third-order valence-electron chi connectivity index (χ3n) is 2.90. The van der Waals surface area contributed by atoms with Gasteiger partial charge >= 0.3 is 0 Å². The molecule has 0 spiro atoms. The Morgan fingerprint density at radius 1 is 1.20 bits per heavy atom. The summed E-state index contributed by atoms with van der Waals surface area (Å²) in [7, 11) is 0. The van der Waals surface area contributed by atoms with Gasteiger partial charge in [-0.3, -0.25) is 0 Å². The molecule has 3 N–H and O–H groups in total. The Bertz CT molecular complexity index is 567. The minimum Gasteiger partial charge on any atom is -0.508 e. The van der Waals surface area contributed by atoms with Crippen molar-refractivity contribution >= 4 is 15.9 Å². The van der Waals surface area contributed by atoms with E-state index in [4.69, 9.17) is 10.5 Å². The number of halogens is 1. The van der Waals surface area contributed by atoms with E-state index in [0.717, 1.165) is 27.8 Å². The van der Waals surface area contributed by atoms with Crippen LogP contribution in [0.4, 0.5) is 0 Å². The number of nitrogens with two attached hydrogens (primary N) is 1. The molecular formula is C16H18BrNO2. The standard InChI is InChI=1S/C16H18BrNO2/c1-11(18)8-13-9-14(17)4-7-16(13)20-10-12-2-5-15(19)6-3-12/h2-7,9,11,19H,8,10,18H2,1H3. The fraction of sp³-hybridized carbons (Fsp3) is 0.250. The van der Waals surface area contributed by atoms with Crippen molar-refractivity contribution in [3.05, 3.63) is 58.1 Å². The minimum atomic E-state index is 0.0836. The lowest BCUT2D eigenvalue weighted by Crippen LogP contribution is -2.18. The summed E-state index contributed by atoms with van der Waals surface area (Å²) < 4.78 is 6.88. The van der Waals surface area contributed by atoms with Crippen molar-refractivity contribution in [3.63, 3.8) is 0 Å². The van der Waals surface area contributed by atoms with Gasteiger partial charge in [0.15, 0.2) is 0 Å². The molecule has 0 saturated carbocycles. The van der Waals surface area contributed by atoms with Crippen molar-refractivity contribution < 1.29 is 9.84 Å². The van der Waals surface area contributed by atoms with E-state index in [1.165, 1.54) is 0 Å². The maximum Gasteiger partial charge on any atom is 0.123 e. The number of aromatic hydroxyl groups is 1. The summed E-state index contributed by atoms with van der Waals surface area (Å²) in [6.45, 7) is 2.44. The van der Waals surface area contributed by atoms with Crippen LogP contribution in [0.15, 0.2) is 46.9 Å². The number of hydrogen-bond acceptors (Lipinski definition) is 3. The van der Waals surface area contributed by atoms with Crippen LogP contribution in [0.3, 0.4) is 0 Å². The van der Waals surface area contributed by atoms with Crippen LogP contribution in [0, 0.1) is 0 Å². The van der Waals surface area contributed by atoms with Gasteiger partial charge in [0.2, 0.25) is 0 Å². The predicted octanol–water partition coefficient (Wildman–Crippen LogP) is 3.62. The fourth-order valence-electron chi connectivity index (χ4n) is 1.95. The number of rotatable bonds is 5. The minimum absolute atomic E-state index is 0.0836. The average Bonchev–Trinajstić information content (AvgIpc) is 2.39.